The van der Waals surface area contributed by atoms with Gasteiger partial charge in [-0.1, -0.05) is 44.0 Å². The Bertz CT molecular complexity index is 783. The van der Waals surface area contributed by atoms with Crippen molar-refractivity contribution in [1.82, 2.24) is 4.90 Å². The lowest BCUT2D eigenvalue weighted by molar-refractivity contribution is -0.122. The van der Waals surface area contributed by atoms with Crippen molar-refractivity contribution in [2.45, 2.75) is 45.1 Å². The molecular formula is C23H28N2O3. The minimum atomic E-state index is -0.590. The third kappa shape index (κ3) is 5.35. The van der Waals surface area contributed by atoms with Crippen LogP contribution in [0.3, 0.4) is 0 Å². The maximum atomic E-state index is 12.8. The summed E-state index contributed by atoms with van der Waals surface area (Å²) in [6.45, 7) is 3.52. The first kappa shape index (κ1) is 19.9. The van der Waals surface area contributed by atoms with Crippen LogP contribution in [0.2, 0.25) is 0 Å². The second kappa shape index (κ2) is 9.93. The van der Waals surface area contributed by atoms with Gasteiger partial charge in [-0.3, -0.25) is 9.59 Å². The molecule has 1 aliphatic heterocycles. The van der Waals surface area contributed by atoms with Gasteiger partial charge in [0, 0.05) is 24.3 Å². The first-order chi connectivity index (χ1) is 13.7. The standard InChI is InChI=1S/C23H28N2O3/c1-2-21(28-20-13-6-5-7-14-20)22(26)24-19-12-10-11-18(17-19)23(27)25-15-8-3-4-9-16-25/h5-7,10-14,17,21H,2-4,8-9,15-16H2,1H3,(H,24,26). The summed E-state index contributed by atoms with van der Waals surface area (Å²) in [6.07, 6.45) is 4.42. The Kier molecular flexibility index (Phi) is 7.06. The van der Waals surface area contributed by atoms with Crippen LogP contribution in [0.5, 0.6) is 5.75 Å². The number of ether oxygens (including phenoxy) is 1. The fourth-order valence-electron chi connectivity index (χ4n) is 3.39. The van der Waals surface area contributed by atoms with E-state index in [4.69, 9.17) is 4.74 Å². The molecule has 1 N–H and O–H groups in total. The van der Waals surface area contributed by atoms with Gasteiger partial charge in [0.1, 0.15) is 5.75 Å². The van der Waals surface area contributed by atoms with Gasteiger partial charge in [0.05, 0.1) is 0 Å². The van der Waals surface area contributed by atoms with Gasteiger partial charge in [0.15, 0.2) is 6.10 Å². The summed E-state index contributed by atoms with van der Waals surface area (Å²) >= 11 is 0. The number of carbonyl (C=O) groups is 2. The van der Waals surface area contributed by atoms with Crippen molar-refractivity contribution < 1.29 is 14.3 Å². The zero-order valence-electron chi connectivity index (χ0n) is 16.4. The zero-order valence-corrected chi connectivity index (χ0v) is 16.4. The van der Waals surface area contributed by atoms with Crippen LogP contribution in [-0.2, 0) is 4.79 Å². The number of nitrogens with one attached hydrogen (secondary N) is 1. The molecule has 5 nitrogen and oxygen atoms in total. The monoisotopic (exact) mass is 380 g/mol. The lowest BCUT2D eigenvalue weighted by atomic mass is 10.1. The fourth-order valence-corrected chi connectivity index (χ4v) is 3.39. The summed E-state index contributed by atoms with van der Waals surface area (Å²) < 4.78 is 5.80. The molecule has 3 rings (SSSR count). The van der Waals surface area contributed by atoms with Crippen molar-refractivity contribution in [3.63, 3.8) is 0 Å². The lowest BCUT2D eigenvalue weighted by Crippen LogP contribution is -2.33. The smallest absolute Gasteiger partial charge is 0.265 e. The van der Waals surface area contributed by atoms with Crippen molar-refractivity contribution in [1.29, 1.82) is 0 Å². The molecule has 1 heterocycles. The Morgan fingerprint density at radius 2 is 1.71 bits per heavy atom. The maximum Gasteiger partial charge on any atom is 0.265 e. The molecule has 0 radical (unpaired) electrons. The number of anilines is 1. The van der Waals surface area contributed by atoms with Gasteiger partial charge in [-0.05, 0) is 49.6 Å². The van der Waals surface area contributed by atoms with Crippen molar-refractivity contribution in [3.05, 3.63) is 60.2 Å². The van der Waals surface area contributed by atoms with Crippen molar-refractivity contribution in [2.24, 2.45) is 0 Å². The summed E-state index contributed by atoms with van der Waals surface area (Å²) in [4.78, 5) is 27.4. The Hall–Kier alpha value is -2.82. The van der Waals surface area contributed by atoms with Gasteiger partial charge in [0.2, 0.25) is 0 Å². The highest BCUT2D eigenvalue weighted by Gasteiger charge is 2.20. The molecule has 1 unspecified atom stereocenters. The molecule has 0 aliphatic carbocycles. The number of carbonyl (C=O) groups excluding carboxylic acids is 2. The van der Waals surface area contributed by atoms with E-state index in [2.05, 4.69) is 5.32 Å². The first-order valence-corrected chi connectivity index (χ1v) is 10.1. The van der Waals surface area contributed by atoms with Crippen LogP contribution >= 0.6 is 0 Å². The van der Waals surface area contributed by atoms with E-state index in [1.165, 1.54) is 12.8 Å². The van der Waals surface area contributed by atoms with Crippen LogP contribution in [0.1, 0.15) is 49.4 Å². The fraction of sp³-hybridized carbons (Fsp3) is 0.391. The second-order valence-corrected chi connectivity index (χ2v) is 7.10. The average molecular weight is 380 g/mol. The number of likely N-dealkylation sites (tertiary alicyclic amines) is 1. The van der Waals surface area contributed by atoms with Crippen molar-refractivity contribution in [3.8, 4) is 5.75 Å². The zero-order chi connectivity index (χ0) is 19.8. The third-order valence-corrected chi connectivity index (χ3v) is 4.96. The molecule has 0 saturated carbocycles. The highest BCUT2D eigenvalue weighted by molar-refractivity contribution is 5.98. The van der Waals surface area contributed by atoms with Gasteiger partial charge >= 0.3 is 0 Å². The van der Waals surface area contributed by atoms with Gasteiger partial charge in [0.25, 0.3) is 11.8 Å². The molecular weight excluding hydrogens is 352 g/mol. The van der Waals surface area contributed by atoms with E-state index in [0.717, 1.165) is 25.9 Å². The summed E-state index contributed by atoms with van der Waals surface area (Å²) in [6, 6.07) is 16.5. The molecule has 28 heavy (non-hydrogen) atoms. The topological polar surface area (TPSA) is 58.6 Å². The normalized spacial score (nSPS) is 15.4. The molecule has 1 saturated heterocycles. The molecule has 2 aromatic rings. The second-order valence-electron chi connectivity index (χ2n) is 7.10. The number of para-hydroxylation sites is 1. The molecule has 0 spiro atoms. The summed E-state index contributed by atoms with van der Waals surface area (Å²) in [5.41, 5.74) is 1.22. The quantitative estimate of drug-likeness (QED) is 0.803. The van der Waals surface area contributed by atoms with E-state index < -0.39 is 6.10 Å². The number of rotatable bonds is 6. The van der Waals surface area contributed by atoms with Gasteiger partial charge < -0.3 is 15.0 Å². The van der Waals surface area contributed by atoms with Gasteiger partial charge in [-0.15, -0.1) is 0 Å². The lowest BCUT2D eigenvalue weighted by Gasteiger charge is -2.21. The number of hydrogen-bond acceptors (Lipinski definition) is 3. The van der Waals surface area contributed by atoms with E-state index in [-0.39, 0.29) is 11.8 Å². The van der Waals surface area contributed by atoms with Crippen LogP contribution < -0.4 is 10.1 Å². The SMILES string of the molecule is CCC(Oc1ccccc1)C(=O)Nc1cccc(C(=O)N2CCCCCC2)c1. The Morgan fingerprint density at radius 1 is 1.00 bits per heavy atom. The van der Waals surface area contributed by atoms with E-state index in [9.17, 15) is 9.59 Å². The first-order valence-electron chi connectivity index (χ1n) is 10.1. The minimum Gasteiger partial charge on any atom is -0.481 e. The molecule has 0 bridgehead atoms. The number of hydrogen-bond donors (Lipinski definition) is 1. The predicted molar refractivity (Wildman–Crippen MR) is 111 cm³/mol. The number of nitrogens with zero attached hydrogens (tertiary/aromatic N) is 1. The van der Waals surface area contributed by atoms with Crippen LogP contribution in [0.4, 0.5) is 5.69 Å². The molecule has 2 aromatic carbocycles. The number of amides is 2. The van der Waals surface area contributed by atoms with Crippen LogP contribution in [0, 0.1) is 0 Å². The van der Waals surface area contributed by atoms with Gasteiger partial charge in [-0.2, -0.15) is 0 Å². The number of benzene rings is 2. The Labute approximate surface area is 166 Å². The van der Waals surface area contributed by atoms with Gasteiger partial charge in [-0.25, -0.2) is 0 Å². The summed E-state index contributed by atoms with van der Waals surface area (Å²) in [7, 11) is 0. The third-order valence-electron chi connectivity index (χ3n) is 4.96. The molecule has 1 atom stereocenters. The molecule has 2 amide bonds. The molecule has 148 valence electrons. The highest BCUT2D eigenvalue weighted by Crippen LogP contribution is 2.18. The maximum absolute atomic E-state index is 12.8. The Balaban J connectivity index is 1.65. The largest absolute Gasteiger partial charge is 0.481 e. The highest BCUT2D eigenvalue weighted by atomic mass is 16.5. The average Bonchev–Trinajstić information content (AvgIpc) is 3.02. The summed E-state index contributed by atoms with van der Waals surface area (Å²) in [5, 5.41) is 2.89. The van der Waals surface area contributed by atoms with Crippen molar-refractivity contribution >= 4 is 17.5 Å². The predicted octanol–water partition coefficient (Wildman–Crippen LogP) is 4.50. The van der Waals surface area contributed by atoms with Crippen LogP contribution in [-0.4, -0.2) is 35.9 Å². The van der Waals surface area contributed by atoms with Crippen LogP contribution in [0.25, 0.3) is 0 Å². The molecule has 0 aromatic heterocycles. The molecule has 1 fully saturated rings. The Morgan fingerprint density at radius 3 is 2.39 bits per heavy atom. The van der Waals surface area contributed by atoms with E-state index >= 15 is 0 Å². The van der Waals surface area contributed by atoms with Crippen LogP contribution in [0.15, 0.2) is 54.6 Å². The summed E-state index contributed by atoms with van der Waals surface area (Å²) in [5.74, 6) is 0.478. The van der Waals surface area contributed by atoms with E-state index in [0.29, 0.717) is 23.4 Å². The molecule has 5 heteroatoms. The molecule has 1 aliphatic rings. The van der Waals surface area contributed by atoms with Crippen molar-refractivity contribution in [2.75, 3.05) is 18.4 Å². The minimum absolute atomic E-state index is 0.0329. The van der Waals surface area contributed by atoms with E-state index in [1.807, 2.05) is 42.2 Å². The van der Waals surface area contributed by atoms with E-state index in [1.54, 1.807) is 24.3 Å².